The number of fused-ring (bicyclic) bond motifs is 1. The summed E-state index contributed by atoms with van der Waals surface area (Å²) in [5.74, 6) is 0.0708. The van der Waals surface area contributed by atoms with Crippen LogP contribution in [-0.2, 0) is 24.3 Å². The fourth-order valence-corrected chi connectivity index (χ4v) is 4.38. The number of carbonyl (C=O) groups excluding carboxylic acids is 2. The number of amides is 1. The van der Waals surface area contributed by atoms with E-state index in [-0.39, 0.29) is 10.7 Å². The number of aliphatic imine (C=N–C) groups is 1. The van der Waals surface area contributed by atoms with Crippen molar-refractivity contribution in [2.24, 2.45) is 4.99 Å². The van der Waals surface area contributed by atoms with E-state index in [1.807, 2.05) is 31.2 Å². The Morgan fingerprint density at radius 2 is 1.59 bits per heavy atom. The normalized spacial score (nSPS) is 14.7. The van der Waals surface area contributed by atoms with Gasteiger partial charge in [-0.15, -0.1) is 0 Å². The number of rotatable bonds is 7. The summed E-state index contributed by atoms with van der Waals surface area (Å²) in [5, 5.41) is 2.62. The fraction of sp³-hybridized carbons (Fsp3) is 0.125. The van der Waals surface area contributed by atoms with Gasteiger partial charge >= 0.3 is 5.97 Å². The monoisotopic (exact) mass is 479 g/mol. The molecule has 0 unspecified atom stereocenters. The van der Waals surface area contributed by atoms with Gasteiger partial charge in [0.2, 0.25) is 0 Å². The van der Waals surface area contributed by atoms with Crippen molar-refractivity contribution >= 4 is 33.4 Å². The van der Waals surface area contributed by atoms with Crippen LogP contribution >= 0.6 is 0 Å². The van der Waals surface area contributed by atoms with E-state index in [4.69, 9.17) is 9.47 Å². The van der Waals surface area contributed by atoms with E-state index >= 15 is 0 Å². The molecular formula is C24H21N3O6S. The number of anilines is 1. The molecule has 3 aromatic rings. The Morgan fingerprint density at radius 1 is 0.941 bits per heavy atom. The van der Waals surface area contributed by atoms with E-state index in [9.17, 15) is 18.0 Å². The number of nitrogens with zero attached hydrogens (tertiary/aromatic N) is 1. The minimum absolute atomic E-state index is 0.0601. The molecule has 4 rings (SSSR count). The number of nitrogens with one attached hydrogen (secondary N) is 2. The molecule has 174 valence electrons. The molecule has 0 aromatic heterocycles. The van der Waals surface area contributed by atoms with Gasteiger partial charge in [-0.05, 0) is 55.5 Å². The van der Waals surface area contributed by atoms with Crippen LogP contribution in [0.4, 0.5) is 5.69 Å². The first-order chi connectivity index (χ1) is 16.3. The van der Waals surface area contributed by atoms with E-state index < -0.39 is 35.1 Å². The number of amidine groups is 1. The second kappa shape index (κ2) is 9.75. The highest BCUT2D eigenvalue weighted by atomic mass is 32.2. The van der Waals surface area contributed by atoms with Gasteiger partial charge in [0, 0.05) is 11.3 Å². The van der Waals surface area contributed by atoms with Crippen molar-refractivity contribution in [2.75, 3.05) is 18.5 Å². The number of hydrogen-bond donors (Lipinski definition) is 2. The summed E-state index contributed by atoms with van der Waals surface area (Å²) in [5.41, 5.74) is 2.02. The minimum Gasteiger partial charge on any atom is -0.457 e. The van der Waals surface area contributed by atoms with Gasteiger partial charge < -0.3 is 14.8 Å². The van der Waals surface area contributed by atoms with Crippen molar-refractivity contribution in [3.8, 4) is 11.5 Å². The summed E-state index contributed by atoms with van der Waals surface area (Å²) < 4.78 is 37.1. The molecule has 0 saturated carbocycles. The van der Waals surface area contributed by atoms with Crippen LogP contribution in [0.2, 0.25) is 0 Å². The summed E-state index contributed by atoms with van der Waals surface area (Å²) in [6.45, 7) is 1.04. The van der Waals surface area contributed by atoms with Crippen LogP contribution in [0.3, 0.4) is 0 Å². The van der Waals surface area contributed by atoms with Gasteiger partial charge in [0.1, 0.15) is 23.9 Å². The van der Waals surface area contributed by atoms with Gasteiger partial charge in [-0.25, -0.2) is 8.42 Å². The van der Waals surface area contributed by atoms with Crippen molar-refractivity contribution in [3.05, 3.63) is 83.9 Å². The quantitative estimate of drug-likeness (QED) is 0.502. The van der Waals surface area contributed by atoms with Crippen LogP contribution in [0.1, 0.15) is 11.1 Å². The second-order valence-electron chi connectivity index (χ2n) is 7.41. The molecule has 0 bridgehead atoms. The van der Waals surface area contributed by atoms with Crippen LogP contribution in [0, 0.1) is 6.92 Å². The lowest BCUT2D eigenvalue weighted by atomic mass is 10.2. The maximum Gasteiger partial charge on any atom is 0.328 e. The Balaban J connectivity index is 1.25. The van der Waals surface area contributed by atoms with Crippen LogP contribution in [0.5, 0.6) is 11.5 Å². The molecule has 0 fully saturated rings. The Labute approximate surface area is 196 Å². The van der Waals surface area contributed by atoms with E-state index in [0.29, 0.717) is 22.7 Å². The first-order valence-corrected chi connectivity index (χ1v) is 11.8. The number of esters is 1. The highest BCUT2D eigenvalue weighted by Gasteiger charge is 2.30. The molecule has 2 N–H and O–H groups in total. The molecule has 1 heterocycles. The van der Waals surface area contributed by atoms with Crippen LogP contribution in [-0.4, -0.2) is 39.3 Å². The topological polar surface area (TPSA) is 123 Å². The largest absolute Gasteiger partial charge is 0.457 e. The molecule has 1 aliphatic heterocycles. The lowest BCUT2D eigenvalue weighted by Crippen LogP contribution is -2.25. The second-order valence-corrected chi connectivity index (χ2v) is 9.07. The van der Waals surface area contributed by atoms with Gasteiger partial charge in [-0.1, -0.05) is 29.8 Å². The van der Waals surface area contributed by atoms with Gasteiger partial charge in [0.05, 0.1) is 4.90 Å². The van der Waals surface area contributed by atoms with Crippen molar-refractivity contribution in [2.45, 2.75) is 11.8 Å². The summed E-state index contributed by atoms with van der Waals surface area (Å²) >= 11 is 0. The maximum absolute atomic E-state index is 12.1. The van der Waals surface area contributed by atoms with Gasteiger partial charge in [0.25, 0.3) is 15.9 Å². The van der Waals surface area contributed by atoms with E-state index in [1.165, 1.54) is 6.07 Å². The average Bonchev–Trinajstić information content (AvgIpc) is 3.09. The zero-order chi connectivity index (χ0) is 24.1. The molecule has 0 saturated heterocycles. The summed E-state index contributed by atoms with van der Waals surface area (Å²) in [4.78, 5) is 28.1. The predicted octanol–water partition coefficient (Wildman–Crippen LogP) is 3.01. The number of carbonyl (C=O) groups is 2. The van der Waals surface area contributed by atoms with Crippen LogP contribution in [0.15, 0.2) is 82.7 Å². The van der Waals surface area contributed by atoms with E-state index in [1.54, 1.807) is 42.5 Å². The SMILES string of the molecule is Cc1ccc(Oc2ccc(NC(=O)COC(=O)CN=C3NS(=O)(=O)c4ccccc43)cc2)cc1. The summed E-state index contributed by atoms with van der Waals surface area (Å²) in [7, 11) is -3.69. The Bertz CT molecular complexity index is 1350. The summed E-state index contributed by atoms with van der Waals surface area (Å²) in [6.07, 6.45) is 0. The molecule has 1 amide bonds. The third-order valence-corrected chi connectivity index (χ3v) is 6.19. The Kier molecular flexibility index (Phi) is 6.60. The number of benzene rings is 3. The number of hydrogen-bond acceptors (Lipinski definition) is 7. The standard InChI is InChI=1S/C24H21N3O6S/c1-16-6-10-18(11-7-16)33-19-12-8-17(9-13-19)26-22(28)15-32-23(29)14-25-24-20-4-2-3-5-21(20)34(30,31)27-24/h2-13H,14-15H2,1H3,(H,25,27)(H,26,28). The van der Waals surface area contributed by atoms with Gasteiger partial charge in [0.15, 0.2) is 6.61 Å². The zero-order valence-electron chi connectivity index (χ0n) is 18.1. The summed E-state index contributed by atoms with van der Waals surface area (Å²) in [6, 6.07) is 20.7. The Hall–Kier alpha value is -4.18. The molecule has 0 spiro atoms. The zero-order valence-corrected chi connectivity index (χ0v) is 19.0. The van der Waals surface area contributed by atoms with Crippen LogP contribution in [0.25, 0.3) is 0 Å². The molecule has 0 aliphatic carbocycles. The number of aryl methyl sites for hydroxylation is 1. The third-order valence-electron chi connectivity index (χ3n) is 4.79. The molecule has 10 heteroatoms. The smallest absolute Gasteiger partial charge is 0.328 e. The van der Waals surface area contributed by atoms with E-state index in [2.05, 4.69) is 15.0 Å². The average molecular weight is 480 g/mol. The molecule has 9 nitrogen and oxygen atoms in total. The van der Waals surface area contributed by atoms with Crippen molar-refractivity contribution in [3.63, 3.8) is 0 Å². The Morgan fingerprint density at radius 3 is 2.29 bits per heavy atom. The molecule has 0 atom stereocenters. The first-order valence-electron chi connectivity index (χ1n) is 10.3. The fourth-order valence-electron chi connectivity index (χ4n) is 3.13. The predicted molar refractivity (Wildman–Crippen MR) is 125 cm³/mol. The van der Waals surface area contributed by atoms with Crippen molar-refractivity contribution in [1.29, 1.82) is 0 Å². The van der Waals surface area contributed by atoms with Gasteiger partial charge in [-0.3, -0.25) is 19.3 Å². The molecule has 0 radical (unpaired) electrons. The third kappa shape index (κ3) is 5.59. The number of sulfonamides is 1. The maximum atomic E-state index is 12.1. The molecule has 3 aromatic carbocycles. The highest BCUT2D eigenvalue weighted by Crippen LogP contribution is 2.24. The molecule has 34 heavy (non-hydrogen) atoms. The van der Waals surface area contributed by atoms with E-state index in [0.717, 1.165) is 5.56 Å². The minimum atomic E-state index is -3.69. The van der Waals surface area contributed by atoms with Crippen LogP contribution < -0.4 is 14.8 Å². The number of ether oxygens (including phenoxy) is 2. The lowest BCUT2D eigenvalue weighted by Gasteiger charge is -2.09. The van der Waals surface area contributed by atoms with Gasteiger partial charge in [-0.2, -0.15) is 0 Å². The first kappa shape index (κ1) is 23.0. The lowest BCUT2D eigenvalue weighted by molar-refractivity contribution is -0.145. The molecular weight excluding hydrogens is 458 g/mol. The highest BCUT2D eigenvalue weighted by molar-refractivity contribution is 7.90. The van der Waals surface area contributed by atoms with Crippen molar-refractivity contribution < 1.29 is 27.5 Å². The molecule has 1 aliphatic rings. The van der Waals surface area contributed by atoms with Crippen molar-refractivity contribution in [1.82, 2.24) is 4.72 Å².